The predicted molar refractivity (Wildman–Crippen MR) is 140 cm³/mol. The Morgan fingerprint density at radius 2 is 1.85 bits per heavy atom. The number of benzene rings is 2. The van der Waals surface area contributed by atoms with Crippen LogP contribution in [0.4, 0.5) is 22.7 Å². The van der Waals surface area contributed by atoms with Crippen LogP contribution in [0.3, 0.4) is 0 Å². The van der Waals surface area contributed by atoms with E-state index in [1.165, 1.54) is 4.90 Å². The highest BCUT2D eigenvalue weighted by Crippen LogP contribution is 2.40. The molecule has 0 aliphatic carbocycles. The summed E-state index contributed by atoms with van der Waals surface area (Å²) in [7, 11) is 7.17. The summed E-state index contributed by atoms with van der Waals surface area (Å²) in [5.41, 5.74) is 3.67. The van der Waals surface area contributed by atoms with Gasteiger partial charge in [-0.3, -0.25) is 14.5 Å². The summed E-state index contributed by atoms with van der Waals surface area (Å²) in [5, 5.41) is 3.10. The number of amides is 2. The van der Waals surface area contributed by atoms with Crippen LogP contribution in [0.25, 0.3) is 0 Å². The van der Waals surface area contributed by atoms with Gasteiger partial charge in [0.25, 0.3) is 5.91 Å². The monoisotopic (exact) mass is 467 g/mol. The van der Waals surface area contributed by atoms with Crippen molar-refractivity contribution in [3.63, 3.8) is 0 Å². The lowest BCUT2D eigenvalue weighted by atomic mass is 10.1. The Balaban J connectivity index is 2.08. The van der Waals surface area contributed by atoms with E-state index in [4.69, 9.17) is 4.74 Å². The molecule has 1 unspecified atom stereocenters. The maximum Gasteiger partial charge on any atom is 0.259 e. The van der Waals surface area contributed by atoms with Crippen molar-refractivity contribution in [1.29, 1.82) is 0 Å². The summed E-state index contributed by atoms with van der Waals surface area (Å²) in [6.07, 6.45) is 0.776. The molecule has 2 amide bonds. The lowest BCUT2D eigenvalue weighted by Gasteiger charge is -2.44. The maximum atomic E-state index is 13.3. The number of nitrogens with zero attached hydrogens (tertiary/aromatic N) is 4. The van der Waals surface area contributed by atoms with Crippen molar-refractivity contribution in [3.8, 4) is 5.75 Å². The number of carbonyl (C=O) groups excluding carboxylic acids is 2. The van der Waals surface area contributed by atoms with E-state index in [1.807, 2.05) is 37.2 Å². The van der Waals surface area contributed by atoms with E-state index in [0.717, 1.165) is 37.4 Å². The van der Waals surface area contributed by atoms with Crippen LogP contribution in [0.1, 0.15) is 31.1 Å². The van der Waals surface area contributed by atoms with Crippen LogP contribution >= 0.6 is 0 Å². The fourth-order valence-electron chi connectivity index (χ4n) is 4.44. The van der Waals surface area contributed by atoms with Crippen LogP contribution in [-0.4, -0.2) is 77.2 Å². The number of hydrogen-bond donors (Lipinski definition) is 1. The van der Waals surface area contributed by atoms with Crippen LogP contribution < -0.4 is 24.8 Å². The minimum atomic E-state index is -0.260. The zero-order chi connectivity index (χ0) is 25.0. The topological polar surface area (TPSA) is 68.4 Å². The molecule has 1 aliphatic heterocycles. The summed E-state index contributed by atoms with van der Waals surface area (Å²) in [6.45, 7) is 9.36. The first-order chi connectivity index (χ1) is 16.2. The largest absolute Gasteiger partial charge is 0.496 e. The molecule has 34 heavy (non-hydrogen) atoms. The fraction of sp³-hybridized carbons (Fsp3) is 0.462. The molecule has 0 saturated carbocycles. The van der Waals surface area contributed by atoms with Crippen LogP contribution in [0.2, 0.25) is 0 Å². The van der Waals surface area contributed by atoms with E-state index in [9.17, 15) is 9.59 Å². The van der Waals surface area contributed by atoms with Crippen LogP contribution in [0.5, 0.6) is 5.75 Å². The third-order valence-electron chi connectivity index (χ3n) is 6.41. The molecule has 0 aromatic heterocycles. The van der Waals surface area contributed by atoms with Gasteiger partial charge < -0.3 is 24.8 Å². The summed E-state index contributed by atoms with van der Waals surface area (Å²) in [5.74, 6) is 0.250. The highest BCUT2D eigenvalue weighted by Gasteiger charge is 2.29. The van der Waals surface area contributed by atoms with Crippen LogP contribution in [0, 0.1) is 0 Å². The summed E-state index contributed by atoms with van der Waals surface area (Å²) < 4.78 is 5.39. The molecule has 184 valence electrons. The number of carbonyl (C=O) groups is 2. The van der Waals surface area contributed by atoms with Gasteiger partial charge in [0.15, 0.2) is 0 Å². The van der Waals surface area contributed by atoms with Gasteiger partial charge in [0.05, 0.1) is 35.4 Å². The second kappa shape index (κ2) is 10.8. The molecule has 8 heteroatoms. The standard InChI is InChI=1S/C26H37N5O3/c1-18(2)30-12-13-31(19(3)16-30)22-15-23(28(4)5)24(29(6)17-32)14-21(22)27-26(33)20-10-8-9-11-25(20)34-7/h8-11,14-15,17-19H,12-13,16H2,1-7H3,(H,27,33). The van der Waals surface area contributed by atoms with Gasteiger partial charge in [-0.2, -0.15) is 0 Å². The van der Waals surface area contributed by atoms with Gasteiger partial charge in [-0.1, -0.05) is 12.1 Å². The number of piperazine rings is 1. The van der Waals surface area contributed by atoms with E-state index in [-0.39, 0.29) is 11.9 Å². The summed E-state index contributed by atoms with van der Waals surface area (Å²) in [4.78, 5) is 33.3. The molecule has 1 atom stereocenters. The number of nitrogens with one attached hydrogen (secondary N) is 1. The molecule has 1 heterocycles. The Morgan fingerprint density at radius 3 is 2.44 bits per heavy atom. The molecule has 1 aliphatic rings. The summed E-state index contributed by atoms with van der Waals surface area (Å²) >= 11 is 0. The number of methoxy groups -OCH3 is 1. The highest BCUT2D eigenvalue weighted by atomic mass is 16.5. The quantitative estimate of drug-likeness (QED) is 0.599. The molecule has 2 aromatic carbocycles. The number of hydrogen-bond acceptors (Lipinski definition) is 6. The molecule has 1 fully saturated rings. The maximum absolute atomic E-state index is 13.3. The van der Waals surface area contributed by atoms with Gasteiger partial charge in [0.1, 0.15) is 5.75 Å². The minimum absolute atomic E-state index is 0.253. The molecule has 0 bridgehead atoms. The smallest absolute Gasteiger partial charge is 0.259 e. The number of ether oxygens (including phenoxy) is 1. The Kier molecular flexibility index (Phi) is 8.04. The third-order valence-corrected chi connectivity index (χ3v) is 6.41. The lowest BCUT2D eigenvalue weighted by Crippen LogP contribution is -2.54. The number of anilines is 4. The number of para-hydroxylation sites is 1. The Bertz CT molecular complexity index is 1020. The number of rotatable bonds is 8. The molecular weight excluding hydrogens is 430 g/mol. The average Bonchev–Trinajstić information content (AvgIpc) is 2.83. The van der Waals surface area contributed by atoms with Crippen LogP contribution in [-0.2, 0) is 4.79 Å². The van der Waals surface area contributed by atoms with E-state index in [0.29, 0.717) is 28.7 Å². The van der Waals surface area contributed by atoms with Crippen LogP contribution in [0.15, 0.2) is 36.4 Å². The van der Waals surface area contributed by atoms with Crippen molar-refractivity contribution in [2.45, 2.75) is 32.9 Å². The molecule has 2 aromatic rings. The molecule has 0 radical (unpaired) electrons. The van der Waals surface area contributed by atoms with Crippen molar-refractivity contribution in [3.05, 3.63) is 42.0 Å². The van der Waals surface area contributed by atoms with E-state index < -0.39 is 0 Å². The molecule has 1 N–H and O–H groups in total. The second-order valence-corrected chi connectivity index (χ2v) is 9.25. The third kappa shape index (κ3) is 5.28. The minimum Gasteiger partial charge on any atom is -0.496 e. The van der Waals surface area contributed by atoms with E-state index in [2.05, 4.69) is 42.0 Å². The molecule has 1 saturated heterocycles. The summed E-state index contributed by atoms with van der Waals surface area (Å²) in [6, 6.07) is 11.8. The predicted octanol–water partition coefficient (Wildman–Crippen LogP) is 3.53. The zero-order valence-electron chi connectivity index (χ0n) is 21.3. The normalized spacial score (nSPS) is 16.4. The molecule has 0 spiro atoms. The van der Waals surface area contributed by atoms with Gasteiger partial charge >= 0.3 is 0 Å². The molecule has 8 nitrogen and oxygen atoms in total. The highest BCUT2D eigenvalue weighted by molar-refractivity contribution is 6.08. The Hall–Kier alpha value is -3.26. The lowest BCUT2D eigenvalue weighted by molar-refractivity contribution is -0.107. The molecule has 3 rings (SSSR count). The first kappa shape index (κ1) is 25.4. The van der Waals surface area contributed by atoms with Crippen molar-refractivity contribution in [2.75, 3.05) is 67.9 Å². The van der Waals surface area contributed by atoms with E-state index in [1.54, 1.807) is 26.3 Å². The Morgan fingerprint density at radius 1 is 1.15 bits per heavy atom. The Labute approximate surface area is 203 Å². The van der Waals surface area contributed by atoms with Gasteiger partial charge in [-0.25, -0.2) is 0 Å². The SMILES string of the molecule is COc1ccccc1C(=O)Nc1cc(N(C)C=O)c(N(C)C)cc1N1CCN(C(C)C)CC1C. The van der Waals surface area contributed by atoms with Gasteiger partial charge in [0.2, 0.25) is 6.41 Å². The van der Waals surface area contributed by atoms with Gasteiger partial charge in [-0.15, -0.1) is 0 Å². The average molecular weight is 468 g/mol. The van der Waals surface area contributed by atoms with Crippen molar-refractivity contribution in [2.24, 2.45) is 0 Å². The van der Waals surface area contributed by atoms with Gasteiger partial charge in [-0.05, 0) is 45.0 Å². The molecular formula is C26H37N5O3. The zero-order valence-corrected chi connectivity index (χ0v) is 21.3. The van der Waals surface area contributed by atoms with Crippen molar-refractivity contribution < 1.29 is 14.3 Å². The second-order valence-electron chi connectivity index (χ2n) is 9.25. The van der Waals surface area contributed by atoms with E-state index >= 15 is 0 Å². The fourth-order valence-corrected chi connectivity index (χ4v) is 4.44. The van der Waals surface area contributed by atoms with Crippen molar-refractivity contribution in [1.82, 2.24) is 4.90 Å². The first-order valence-corrected chi connectivity index (χ1v) is 11.7. The first-order valence-electron chi connectivity index (χ1n) is 11.7. The van der Waals surface area contributed by atoms with Crippen molar-refractivity contribution >= 4 is 35.1 Å². The van der Waals surface area contributed by atoms with Gasteiger partial charge in [0, 0.05) is 52.9 Å².